The maximum absolute atomic E-state index is 10.0. The van der Waals surface area contributed by atoms with Crippen molar-refractivity contribution in [3.05, 3.63) is 48.6 Å². The molecule has 15 heavy (non-hydrogen) atoms. The number of allylic oxidation sites excluding steroid dienone is 6. The Bertz CT molecular complexity index is 289. The van der Waals surface area contributed by atoms with Crippen LogP contribution in [0.25, 0.3) is 0 Å². The first-order chi connectivity index (χ1) is 7.13. The van der Waals surface area contributed by atoms with Gasteiger partial charge in [0, 0.05) is 12.2 Å². The van der Waals surface area contributed by atoms with Crippen LogP contribution in [0.1, 0.15) is 6.42 Å². The molecule has 0 fully saturated rings. The fourth-order valence-corrected chi connectivity index (χ4v) is 0.669. The fraction of sp³-hybridized carbons (Fsp3) is 0.0909. The number of aliphatic carboxylic acids is 2. The Balaban J connectivity index is 3.70. The summed E-state index contributed by atoms with van der Waals surface area (Å²) in [6, 6.07) is 0. The number of hydrogen-bond donors (Lipinski definition) is 2. The molecule has 0 atom stereocenters. The van der Waals surface area contributed by atoms with Gasteiger partial charge in [0.15, 0.2) is 0 Å². The molecule has 0 saturated carbocycles. The van der Waals surface area contributed by atoms with Crippen molar-refractivity contribution >= 4 is 11.9 Å². The second-order valence-corrected chi connectivity index (χ2v) is 2.49. The summed E-state index contributed by atoms with van der Waals surface area (Å²) in [5.41, 5.74) is 0. The minimum absolute atomic E-state index is 0.619. The summed E-state index contributed by atoms with van der Waals surface area (Å²) < 4.78 is 0. The van der Waals surface area contributed by atoms with E-state index in [1.54, 1.807) is 24.3 Å². The quantitative estimate of drug-likeness (QED) is 0.515. The SMILES string of the molecule is O=C(O)/C=C/C=C/C/C=C/C=C/C(=O)O. The van der Waals surface area contributed by atoms with Crippen molar-refractivity contribution in [2.75, 3.05) is 0 Å². The van der Waals surface area contributed by atoms with Crippen molar-refractivity contribution in [2.45, 2.75) is 6.42 Å². The summed E-state index contributed by atoms with van der Waals surface area (Å²) in [6.07, 6.45) is 12.3. The molecule has 0 spiro atoms. The first-order valence-electron chi connectivity index (χ1n) is 4.25. The normalized spacial score (nSPS) is 12.3. The topological polar surface area (TPSA) is 74.6 Å². The van der Waals surface area contributed by atoms with Crippen LogP contribution in [0.5, 0.6) is 0 Å². The first kappa shape index (κ1) is 12.9. The Morgan fingerprint density at radius 3 is 1.53 bits per heavy atom. The molecule has 0 aromatic heterocycles. The molecule has 0 unspecified atom stereocenters. The van der Waals surface area contributed by atoms with E-state index in [1.165, 1.54) is 12.2 Å². The molecule has 0 aromatic rings. The zero-order valence-electron chi connectivity index (χ0n) is 8.04. The van der Waals surface area contributed by atoms with Crippen molar-refractivity contribution in [2.24, 2.45) is 0 Å². The summed E-state index contributed by atoms with van der Waals surface area (Å²) in [7, 11) is 0. The van der Waals surface area contributed by atoms with Gasteiger partial charge in [-0.2, -0.15) is 0 Å². The van der Waals surface area contributed by atoms with Gasteiger partial charge in [0.25, 0.3) is 0 Å². The summed E-state index contributed by atoms with van der Waals surface area (Å²) >= 11 is 0. The van der Waals surface area contributed by atoms with Gasteiger partial charge in [0.05, 0.1) is 0 Å². The van der Waals surface area contributed by atoms with Gasteiger partial charge < -0.3 is 10.2 Å². The van der Waals surface area contributed by atoms with Gasteiger partial charge in [0.1, 0.15) is 0 Å². The lowest BCUT2D eigenvalue weighted by molar-refractivity contribution is -0.132. The van der Waals surface area contributed by atoms with Crippen molar-refractivity contribution in [3.8, 4) is 0 Å². The van der Waals surface area contributed by atoms with Crippen LogP contribution in [-0.2, 0) is 9.59 Å². The van der Waals surface area contributed by atoms with Gasteiger partial charge in [0.2, 0.25) is 0 Å². The average Bonchev–Trinajstić information content (AvgIpc) is 2.14. The van der Waals surface area contributed by atoms with E-state index in [2.05, 4.69) is 0 Å². The standard InChI is InChI=1S/C11H12O4/c12-10(13)8-6-4-2-1-3-5-7-9-11(14)15/h2-9H,1H2,(H,12,13)(H,14,15)/b4-2+,5-3+,8-6+,9-7+. The van der Waals surface area contributed by atoms with E-state index < -0.39 is 11.9 Å². The molecule has 0 rings (SSSR count). The number of rotatable bonds is 6. The Kier molecular flexibility index (Phi) is 7.31. The van der Waals surface area contributed by atoms with E-state index in [1.807, 2.05) is 0 Å². The third kappa shape index (κ3) is 11.9. The molecule has 80 valence electrons. The van der Waals surface area contributed by atoms with E-state index in [4.69, 9.17) is 10.2 Å². The third-order valence-electron chi connectivity index (χ3n) is 1.24. The predicted octanol–water partition coefficient (Wildman–Crippen LogP) is 1.77. The fourth-order valence-electron chi connectivity index (χ4n) is 0.669. The Morgan fingerprint density at radius 1 is 0.800 bits per heavy atom. The Morgan fingerprint density at radius 2 is 1.20 bits per heavy atom. The largest absolute Gasteiger partial charge is 0.478 e. The molecule has 0 heterocycles. The van der Waals surface area contributed by atoms with E-state index >= 15 is 0 Å². The molecule has 0 amide bonds. The van der Waals surface area contributed by atoms with Crippen molar-refractivity contribution in [3.63, 3.8) is 0 Å². The van der Waals surface area contributed by atoms with Crippen LogP contribution in [0, 0.1) is 0 Å². The summed E-state index contributed by atoms with van der Waals surface area (Å²) in [4.78, 5) is 20.1. The van der Waals surface area contributed by atoms with Crippen molar-refractivity contribution in [1.29, 1.82) is 0 Å². The van der Waals surface area contributed by atoms with Crippen LogP contribution < -0.4 is 0 Å². The van der Waals surface area contributed by atoms with E-state index in [0.717, 1.165) is 12.2 Å². The van der Waals surface area contributed by atoms with E-state index in [0.29, 0.717) is 6.42 Å². The highest BCUT2D eigenvalue weighted by atomic mass is 16.4. The molecule has 4 nitrogen and oxygen atoms in total. The third-order valence-corrected chi connectivity index (χ3v) is 1.24. The van der Waals surface area contributed by atoms with Gasteiger partial charge >= 0.3 is 11.9 Å². The molecule has 0 aliphatic rings. The van der Waals surface area contributed by atoms with E-state index in [-0.39, 0.29) is 0 Å². The van der Waals surface area contributed by atoms with Gasteiger partial charge in [-0.05, 0) is 6.42 Å². The second-order valence-electron chi connectivity index (χ2n) is 2.49. The van der Waals surface area contributed by atoms with Crippen LogP contribution in [0.3, 0.4) is 0 Å². The van der Waals surface area contributed by atoms with Gasteiger partial charge in [-0.1, -0.05) is 36.5 Å². The minimum Gasteiger partial charge on any atom is -0.478 e. The van der Waals surface area contributed by atoms with Crippen LogP contribution in [-0.4, -0.2) is 22.2 Å². The molecule has 0 radical (unpaired) electrons. The molecule has 2 N–H and O–H groups in total. The van der Waals surface area contributed by atoms with Crippen LogP contribution >= 0.6 is 0 Å². The molecule has 0 saturated heterocycles. The number of carboxylic acid groups (broad SMARTS) is 2. The minimum atomic E-state index is -0.986. The molecule has 0 bridgehead atoms. The second kappa shape index (κ2) is 8.50. The molecular formula is C11H12O4. The van der Waals surface area contributed by atoms with Gasteiger partial charge in [-0.15, -0.1) is 0 Å². The maximum atomic E-state index is 10.0. The smallest absolute Gasteiger partial charge is 0.328 e. The molecule has 0 aliphatic carbocycles. The van der Waals surface area contributed by atoms with Crippen LogP contribution in [0.4, 0.5) is 0 Å². The Hall–Kier alpha value is -2.10. The lowest BCUT2D eigenvalue weighted by Crippen LogP contribution is -1.84. The zero-order valence-corrected chi connectivity index (χ0v) is 8.04. The summed E-state index contributed by atoms with van der Waals surface area (Å²) in [5.74, 6) is -1.97. The van der Waals surface area contributed by atoms with Crippen LogP contribution in [0.15, 0.2) is 48.6 Å². The number of hydrogen-bond acceptors (Lipinski definition) is 2. The number of carbonyl (C=O) groups is 2. The van der Waals surface area contributed by atoms with Crippen LogP contribution in [0.2, 0.25) is 0 Å². The molecule has 4 heteroatoms. The number of carboxylic acids is 2. The lowest BCUT2D eigenvalue weighted by atomic mass is 10.3. The average molecular weight is 208 g/mol. The molecule has 0 aliphatic heterocycles. The highest BCUT2D eigenvalue weighted by Gasteiger charge is 1.80. The van der Waals surface area contributed by atoms with E-state index in [9.17, 15) is 9.59 Å². The predicted molar refractivity (Wildman–Crippen MR) is 56.4 cm³/mol. The monoisotopic (exact) mass is 208 g/mol. The van der Waals surface area contributed by atoms with Crippen molar-refractivity contribution in [1.82, 2.24) is 0 Å². The maximum Gasteiger partial charge on any atom is 0.328 e. The first-order valence-corrected chi connectivity index (χ1v) is 4.25. The molecule has 0 aromatic carbocycles. The molecular weight excluding hydrogens is 196 g/mol. The Labute approximate surface area is 87.5 Å². The highest BCUT2D eigenvalue weighted by Crippen LogP contribution is 1.88. The lowest BCUT2D eigenvalue weighted by Gasteiger charge is -1.79. The highest BCUT2D eigenvalue weighted by molar-refractivity contribution is 5.80. The summed E-state index contributed by atoms with van der Waals surface area (Å²) in [5, 5.41) is 16.5. The van der Waals surface area contributed by atoms with Gasteiger partial charge in [-0.25, -0.2) is 9.59 Å². The van der Waals surface area contributed by atoms with Crippen molar-refractivity contribution < 1.29 is 19.8 Å². The van der Waals surface area contributed by atoms with Gasteiger partial charge in [-0.3, -0.25) is 0 Å². The zero-order chi connectivity index (χ0) is 11.5. The summed E-state index contributed by atoms with van der Waals surface area (Å²) in [6.45, 7) is 0.